The number of cyclic esters (lactones) is 1. The zero-order chi connectivity index (χ0) is 30.2. The maximum Gasteiger partial charge on any atom is 0.411 e. The van der Waals surface area contributed by atoms with Crippen molar-refractivity contribution < 1.29 is 41.4 Å². The number of methoxy groups -OCH3 is 1. The Hall–Kier alpha value is -4.33. The smallest absolute Gasteiger partial charge is 0.411 e. The Bertz CT molecular complexity index is 1550. The predicted octanol–water partition coefficient (Wildman–Crippen LogP) is 6.57. The number of anilines is 2. The summed E-state index contributed by atoms with van der Waals surface area (Å²) < 4.78 is 68.8. The monoisotopic (exact) mass is 609 g/mol. The molecule has 1 saturated heterocycles. The van der Waals surface area contributed by atoms with E-state index in [4.69, 9.17) is 16.3 Å². The van der Waals surface area contributed by atoms with Crippen LogP contribution in [0.5, 0.6) is 0 Å². The first kappa shape index (κ1) is 29.2. The summed E-state index contributed by atoms with van der Waals surface area (Å²) in [6, 6.07) is 5.38. The van der Waals surface area contributed by atoms with Gasteiger partial charge < -0.3 is 19.8 Å². The molecular formula is C27H24ClF4N5O5. The van der Waals surface area contributed by atoms with Crippen molar-refractivity contribution in [1.29, 1.82) is 0 Å². The lowest BCUT2D eigenvalue weighted by Gasteiger charge is -2.36. The fourth-order valence-corrected chi connectivity index (χ4v) is 5.14. The van der Waals surface area contributed by atoms with Crippen LogP contribution in [-0.2, 0) is 14.3 Å². The standard InChI is InChI=1S/C27H24ClF4N5O5/c1-41-25(39)34-13-4-5-14-17(11-13)36-24(38)27(31,32)9-2-3-19(23-33-12-18(14)35-23)37-10-8-20(42-26(37)40)21-16(29)7-6-15(28)22(21)30/h4-7,11-12,19-20H,2-3,8-10H2,1H3,(H,33,35)(H,34,39)(H,36,38). The van der Waals surface area contributed by atoms with Crippen LogP contribution in [-0.4, -0.2) is 52.5 Å². The number of nitrogens with one attached hydrogen (secondary N) is 3. The second kappa shape index (κ2) is 11.5. The molecule has 2 bridgehead atoms. The van der Waals surface area contributed by atoms with Gasteiger partial charge in [0.1, 0.15) is 17.7 Å². The highest BCUT2D eigenvalue weighted by molar-refractivity contribution is 6.30. The molecule has 2 atom stereocenters. The van der Waals surface area contributed by atoms with E-state index in [1.807, 2.05) is 0 Å². The molecule has 0 radical (unpaired) electrons. The van der Waals surface area contributed by atoms with Gasteiger partial charge in [0.05, 0.1) is 41.3 Å². The summed E-state index contributed by atoms with van der Waals surface area (Å²) in [5.41, 5.74) is 0.266. The second-order valence-electron chi connectivity index (χ2n) is 9.74. The number of carbonyl (C=O) groups excluding carboxylic acids is 3. The number of H-pyrrole nitrogens is 1. The summed E-state index contributed by atoms with van der Waals surface area (Å²) in [4.78, 5) is 46.1. The summed E-state index contributed by atoms with van der Waals surface area (Å²) in [5.74, 6) is -7.03. The molecule has 2 aliphatic heterocycles. The van der Waals surface area contributed by atoms with Crippen molar-refractivity contribution in [2.24, 2.45) is 0 Å². The molecule has 2 aromatic carbocycles. The Morgan fingerprint density at radius 2 is 2.00 bits per heavy atom. The van der Waals surface area contributed by atoms with E-state index in [2.05, 4.69) is 25.3 Å². The molecule has 3 amide bonds. The molecule has 42 heavy (non-hydrogen) atoms. The van der Waals surface area contributed by atoms with Gasteiger partial charge in [-0.05, 0) is 43.2 Å². The Kier molecular flexibility index (Phi) is 7.99. The van der Waals surface area contributed by atoms with E-state index in [0.717, 1.165) is 19.2 Å². The van der Waals surface area contributed by atoms with E-state index in [1.54, 1.807) is 0 Å². The lowest BCUT2D eigenvalue weighted by Crippen LogP contribution is -2.42. The lowest BCUT2D eigenvalue weighted by molar-refractivity contribution is -0.140. The SMILES string of the molecule is COC(=O)Nc1ccc2c(c1)NC(=O)C(F)(F)CCCC(N1CCC(c3c(F)ccc(Cl)c3F)OC1=O)c1ncc-2[nH]1. The quantitative estimate of drug-likeness (QED) is 0.228. The number of imidazole rings is 1. The van der Waals surface area contributed by atoms with Gasteiger partial charge in [-0.25, -0.2) is 23.4 Å². The third kappa shape index (κ3) is 5.71. The summed E-state index contributed by atoms with van der Waals surface area (Å²) in [6.07, 6.45) is -2.65. The molecular weight excluding hydrogens is 586 g/mol. The zero-order valence-electron chi connectivity index (χ0n) is 22.0. The van der Waals surface area contributed by atoms with Crippen LogP contribution in [0, 0.1) is 11.6 Å². The molecule has 3 N–H and O–H groups in total. The highest BCUT2D eigenvalue weighted by atomic mass is 35.5. The molecule has 2 unspecified atom stereocenters. The minimum absolute atomic E-state index is 0.0125. The Morgan fingerprint density at radius 1 is 1.21 bits per heavy atom. The maximum atomic E-state index is 14.9. The normalized spacial score (nSPS) is 20.4. The van der Waals surface area contributed by atoms with Crippen molar-refractivity contribution >= 4 is 41.1 Å². The fraction of sp³-hybridized carbons (Fsp3) is 0.333. The fourth-order valence-electron chi connectivity index (χ4n) is 4.98. The summed E-state index contributed by atoms with van der Waals surface area (Å²) in [5, 5.41) is 4.31. The first-order valence-electron chi connectivity index (χ1n) is 12.8. The molecule has 10 nitrogen and oxygen atoms in total. The number of aromatic nitrogens is 2. The van der Waals surface area contributed by atoms with Crippen LogP contribution in [0.2, 0.25) is 5.02 Å². The first-order chi connectivity index (χ1) is 20.0. The van der Waals surface area contributed by atoms with Crippen LogP contribution in [0.3, 0.4) is 0 Å². The van der Waals surface area contributed by atoms with Gasteiger partial charge in [0.25, 0.3) is 5.91 Å². The first-order valence-corrected chi connectivity index (χ1v) is 13.2. The van der Waals surface area contributed by atoms with Crippen molar-refractivity contribution in [3.05, 3.63) is 64.6 Å². The third-order valence-electron chi connectivity index (χ3n) is 7.09. The van der Waals surface area contributed by atoms with E-state index in [9.17, 15) is 31.9 Å². The zero-order valence-corrected chi connectivity index (χ0v) is 22.7. The number of ether oxygens (including phenoxy) is 2. The molecule has 1 aromatic heterocycles. The number of carbonyl (C=O) groups is 3. The summed E-state index contributed by atoms with van der Waals surface area (Å²) in [6.45, 7) is -0.0361. The second-order valence-corrected chi connectivity index (χ2v) is 10.1. The number of benzene rings is 2. The van der Waals surface area contributed by atoms with Crippen molar-refractivity contribution in [1.82, 2.24) is 14.9 Å². The molecule has 0 aliphatic carbocycles. The largest absolute Gasteiger partial charge is 0.453 e. The Balaban J connectivity index is 1.47. The number of halogens is 5. The summed E-state index contributed by atoms with van der Waals surface area (Å²) in [7, 11) is 1.15. The molecule has 3 aromatic rings. The van der Waals surface area contributed by atoms with Crippen molar-refractivity contribution in [3.8, 4) is 11.3 Å². The van der Waals surface area contributed by atoms with Gasteiger partial charge in [0.2, 0.25) is 0 Å². The van der Waals surface area contributed by atoms with E-state index in [-0.39, 0.29) is 53.6 Å². The average molecular weight is 610 g/mol. The number of alkyl halides is 2. The van der Waals surface area contributed by atoms with Crippen LogP contribution >= 0.6 is 11.6 Å². The van der Waals surface area contributed by atoms with Crippen LogP contribution in [0.1, 0.15) is 49.2 Å². The van der Waals surface area contributed by atoms with Crippen LogP contribution < -0.4 is 10.6 Å². The van der Waals surface area contributed by atoms with E-state index < -0.39 is 59.8 Å². The lowest BCUT2D eigenvalue weighted by atomic mass is 10.0. The summed E-state index contributed by atoms with van der Waals surface area (Å²) >= 11 is 5.79. The minimum Gasteiger partial charge on any atom is -0.453 e. The molecule has 222 valence electrons. The van der Waals surface area contributed by atoms with Gasteiger partial charge in [0.15, 0.2) is 5.82 Å². The van der Waals surface area contributed by atoms with Crippen molar-refractivity contribution in [2.45, 2.75) is 43.8 Å². The molecule has 5 rings (SSSR count). The number of nitrogens with zero attached hydrogens (tertiary/aromatic N) is 2. The van der Waals surface area contributed by atoms with Crippen LogP contribution in [0.25, 0.3) is 11.3 Å². The van der Waals surface area contributed by atoms with Gasteiger partial charge in [-0.15, -0.1) is 0 Å². The molecule has 1 fully saturated rings. The van der Waals surface area contributed by atoms with Gasteiger partial charge in [-0.1, -0.05) is 11.6 Å². The average Bonchev–Trinajstić information content (AvgIpc) is 3.43. The molecule has 2 aliphatic rings. The maximum absolute atomic E-state index is 14.9. The van der Waals surface area contributed by atoms with Crippen molar-refractivity contribution in [3.63, 3.8) is 0 Å². The van der Waals surface area contributed by atoms with E-state index >= 15 is 0 Å². The molecule has 0 spiro atoms. The third-order valence-corrected chi connectivity index (χ3v) is 7.38. The number of fused-ring (bicyclic) bond motifs is 4. The Labute approximate surface area is 241 Å². The molecule has 0 saturated carbocycles. The highest BCUT2D eigenvalue weighted by Crippen LogP contribution is 2.39. The molecule has 15 heteroatoms. The van der Waals surface area contributed by atoms with Crippen molar-refractivity contribution in [2.75, 3.05) is 24.3 Å². The number of hydrogen-bond acceptors (Lipinski definition) is 6. The van der Waals surface area contributed by atoms with Crippen LogP contribution in [0.4, 0.5) is 38.5 Å². The van der Waals surface area contributed by atoms with Gasteiger partial charge in [-0.3, -0.25) is 15.0 Å². The Morgan fingerprint density at radius 3 is 2.74 bits per heavy atom. The van der Waals surface area contributed by atoms with Gasteiger partial charge in [-0.2, -0.15) is 8.78 Å². The predicted molar refractivity (Wildman–Crippen MR) is 142 cm³/mol. The van der Waals surface area contributed by atoms with Crippen LogP contribution in [0.15, 0.2) is 36.5 Å². The topological polar surface area (TPSA) is 126 Å². The number of rotatable bonds is 3. The van der Waals surface area contributed by atoms with E-state index in [1.165, 1.54) is 29.3 Å². The highest BCUT2D eigenvalue weighted by Gasteiger charge is 2.41. The number of amides is 3. The number of aromatic amines is 1. The minimum atomic E-state index is -3.77. The van der Waals surface area contributed by atoms with Gasteiger partial charge in [0, 0.05) is 30.6 Å². The number of hydrogen-bond donors (Lipinski definition) is 3. The van der Waals surface area contributed by atoms with Gasteiger partial charge >= 0.3 is 18.1 Å². The molecule has 3 heterocycles. The van der Waals surface area contributed by atoms with E-state index in [0.29, 0.717) is 5.69 Å².